The van der Waals surface area contributed by atoms with E-state index in [1.54, 1.807) is 12.1 Å². The number of carbonyl (C=O) groups is 1. The molecule has 1 aromatic heterocycles. The third-order valence-corrected chi connectivity index (χ3v) is 1.84. The molecule has 0 amide bonds. The minimum absolute atomic E-state index is 0.297. The van der Waals surface area contributed by atoms with Gasteiger partial charge in [0.25, 0.3) is 0 Å². The van der Waals surface area contributed by atoms with Gasteiger partial charge >= 0.3 is 5.97 Å². The highest BCUT2D eigenvalue weighted by Crippen LogP contribution is 2.08. The second kappa shape index (κ2) is 4.23. The van der Waals surface area contributed by atoms with Crippen LogP contribution in [0.4, 0.5) is 0 Å². The van der Waals surface area contributed by atoms with Crippen molar-refractivity contribution in [3.8, 4) is 0 Å². The Morgan fingerprint density at radius 1 is 1.62 bits per heavy atom. The van der Waals surface area contributed by atoms with Crippen LogP contribution < -0.4 is 0 Å². The molecule has 0 aliphatic heterocycles. The molecular formula is C9H10ClNO2. The molecule has 0 aliphatic carbocycles. The summed E-state index contributed by atoms with van der Waals surface area (Å²) < 4.78 is 4.58. The minimum atomic E-state index is -0.364. The highest BCUT2D eigenvalue weighted by atomic mass is 35.5. The van der Waals surface area contributed by atoms with Crippen LogP contribution in [0.25, 0.3) is 0 Å². The average Bonchev–Trinajstić information content (AvgIpc) is 2.15. The zero-order chi connectivity index (χ0) is 9.84. The number of nitrogens with zero attached hydrogens (tertiary/aromatic N) is 1. The third-order valence-electron chi connectivity index (χ3n) is 1.56. The second-order valence-corrected chi connectivity index (χ2v) is 2.88. The van der Waals surface area contributed by atoms with Crippen molar-refractivity contribution in [3.63, 3.8) is 0 Å². The Morgan fingerprint density at radius 3 is 2.85 bits per heavy atom. The van der Waals surface area contributed by atoms with E-state index in [4.69, 9.17) is 11.6 Å². The summed E-state index contributed by atoms with van der Waals surface area (Å²) in [6.45, 7) is 1.81. The van der Waals surface area contributed by atoms with Crippen LogP contribution in [0, 0.1) is 6.92 Å². The lowest BCUT2D eigenvalue weighted by atomic mass is 10.2. The first-order valence-corrected chi connectivity index (χ1v) is 4.32. The number of esters is 1. The van der Waals surface area contributed by atoms with Gasteiger partial charge in [0.1, 0.15) is 0 Å². The summed E-state index contributed by atoms with van der Waals surface area (Å²) in [7, 11) is 1.35. The predicted octanol–water partition coefficient (Wildman–Crippen LogP) is 1.92. The lowest BCUT2D eigenvalue weighted by Crippen LogP contribution is -2.03. The molecule has 0 N–H and O–H groups in total. The predicted molar refractivity (Wildman–Crippen MR) is 49.9 cm³/mol. The first-order valence-electron chi connectivity index (χ1n) is 3.79. The molecule has 1 rings (SSSR count). The fraction of sp³-hybridized carbons (Fsp3) is 0.333. The Bertz CT molecular complexity index is 325. The van der Waals surface area contributed by atoms with Gasteiger partial charge in [-0.25, -0.2) is 4.79 Å². The number of pyridine rings is 1. The number of ether oxygens (including phenoxy) is 1. The molecule has 0 saturated heterocycles. The number of halogens is 1. The van der Waals surface area contributed by atoms with Crippen LogP contribution in [0.3, 0.4) is 0 Å². The summed E-state index contributed by atoms with van der Waals surface area (Å²) in [5.41, 5.74) is 1.94. The summed E-state index contributed by atoms with van der Waals surface area (Å²) in [5.74, 6) is -0.0667. The Kier molecular flexibility index (Phi) is 3.25. The van der Waals surface area contributed by atoms with E-state index in [2.05, 4.69) is 9.72 Å². The van der Waals surface area contributed by atoms with E-state index in [1.807, 2.05) is 6.92 Å². The number of methoxy groups -OCH3 is 1. The maximum atomic E-state index is 11.1. The number of carbonyl (C=O) groups excluding carboxylic acids is 1. The van der Waals surface area contributed by atoms with Gasteiger partial charge in [-0.1, -0.05) is 0 Å². The summed E-state index contributed by atoms with van der Waals surface area (Å²) in [6.07, 6.45) is 0. The molecule has 0 saturated carbocycles. The van der Waals surface area contributed by atoms with Gasteiger partial charge in [0.15, 0.2) is 0 Å². The standard InChI is InChI=1S/C9H10ClNO2/c1-6-3-7(9(12)13-2)4-8(5-10)11-6/h3-4H,5H2,1-2H3. The summed E-state index contributed by atoms with van der Waals surface area (Å²) in [6, 6.07) is 3.30. The zero-order valence-corrected chi connectivity index (χ0v) is 8.26. The van der Waals surface area contributed by atoms with Gasteiger partial charge in [0.05, 0.1) is 24.2 Å². The molecule has 4 heteroatoms. The van der Waals surface area contributed by atoms with Crippen molar-refractivity contribution in [3.05, 3.63) is 29.1 Å². The maximum absolute atomic E-state index is 11.1. The second-order valence-electron chi connectivity index (χ2n) is 2.61. The van der Waals surface area contributed by atoms with Crippen molar-refractivity contribution in [2.24, 2.45) is 0 Å². The summed E-state index contributed by atoms with van der Waals surface area (Å²) >= 11 is 5.60. The van der Waals surface area contributed by atoms with Crippen molar-refractivity contribution in [2.75, 3.05) is 7.11 Å². The van der Waals surface area contributed by atoms with Crippen LogP contribution in [0.2, 0.25) is 0 Å². The highest BCUT2D eigenvalue weighted by Gasteiger charge is 2.07. The van der Waals surface area contributed by atoms with Gasteiger partial charge in [-0.3, -0.25) is 4.98 Å². The van der Waals surface area contributed by atoms with Crippen LogP contribution in [0.15, 0.2) is 12.1 Å². The van der Waals surface area contributed by atoms with E-state index in [0.29, 0.717) is 17.1 Å². The largest absolute Gasteiger partial charge is 0.465 e. The molecule has 0 aliphatic rings. The SMILES string of the molecule is COC(=O)c1cc(C)nc(CCl)c1. The Labute approximate surface area is 81.7 Å². The van der Waals surface area contributed by atoms with Gasteiger partial charge in [-0.05, 0) is 19.1 Å². The fourth-order valence-corrected chi connectivity index (χ4v) is 1.18. The fourth-order valence-electron chi connectivity index (χ4n) is 1.04. The van der Waals surface area contributed by atoms with Crippen LogP contribution in [-0.4, -0.2) is 18.1 Å². The molecular weight excluding hydrogens is 190 g/mol. The number of alkyl halides is 1. The third kappa shape index (κ3) is 2.42. The molecule has 1 aromatic rings. The summed E-state index contributed by atoms with van der Waals surface area (Å²) in [4.78, 5) is 15.3. The van der Waals surface area contributed by atoms with E-state index < -0.39 is 0 Å². The monoisotopic (exact) mass is 199 g/mol. The molecule has 0 atom stereocenters. The first kappa shape index (κ1) is 9.99. The molecule has 0 radical (unpaired) electrons. The molecule has 0 unspecified atom stereocenters. The van der Waals surface area contributed by atoms with Crippen LogP contribution in [0.1, 0.15) is 21.7 Å². The van der Waals surface area contributed by atoms with Gasteiger partial charge in [0.2, 0.25) is 0 Å². The smallest absolute Gasteiger partial charge is 0.337 e. The van der Waals surface area contributed by atoms with Crippen LogP contribution in [0.5, 0.6) is 0 Å². The molecule has 1 heterocycles. The van der Waals surface area contributed by atoms with E-state index in [1.165, 1.54) is 7.11 Å². The molecule has 0 aromatic carbocycles. The lowest BCUT2D eigenvalue weighted by molar-refractivity contribution is 0.0600. The van der Waals surface area contributed by atoms with Crippen LogP contribution >= 0.6 is 11.6 Å². The number of hydrogen-bond donors (Lipinski definition) is 0. The van der Waals surface area contributed by atoms with E-state index in [0.717, 1.165) is 5.69 Å². The van der Waals surface area contributed by atoms with E-state index in [9.17, 15) is 4.79 Å². The Hall–Kier alpha value is -1.09. The van der Waals surface area contributed by atoms with Crippen LogP contribution in [-0.2, 0) is 10.6 Å². The van der Waals surface area contributed by atoms with Gasteiger partial charge in [-0.2, -0.15) is 0 Å². The molecule has 0 fully saturated rings. The van der Waals surface area contributed by atoms with Gasteiger partial charge in [-0.15, -0.1) is 11.6 Å². The first-order chi connectivity index (χ1) is 6.17. The van der Waals surface area contributed by atoms with Gasteiger partial charge < -0.3 is 4.74 Å². The van der Waals surface area contributed by atoms with Crippen molar-refractivity contribution in [2.45, 2.75) is 12.8 Å². The summed E-state index contributed by atoms with van der Waals surface area (Å²) in [5, 5.41) is 0. The molecule has 13 heavy (non-hydrogen) atoms. The Balaban J connectivity index is 3.08. The Morgan fingerprint density at radius 2 is 2.31 bits per heavy atom. The minimum Gasteiger partial charge on any atom is -0.465 e. The molecule has 0 spiro atoms. The normalized spacial score (nSPS) is 9.77. The maximum Gasteiger partial charge on any atom is 0.337 e. The van der Waals surface area contributed by atoms with Gasteiger partial charge in [0, 0.05) is 5.69 Å². The number of hydrogen-bond acceptors (Lipinski definition) is 3. The van der Waals surface area contributed by atoms with E-state index in [-0.39, 0.29) is 5.97 Å². The topological polar surface area (TPSA) is 39.2 Å². The number of aromatic nitrogens is 1. The quantitative estimate of drug-likeness (QED) is 0.540. The van der Waals surface area contributed by atoms with Crippen molar-refractivity contribution in [1.29, 1.82) is 0 Å². The molecule has 0 bridgehead atoms. The number of aryl methyl sites for hydroxylation is 1. The zero-order valence-electron chi connectivity index (χ0n) is 7.50. The molecule has 3 nitrogen and oxygen atoms in total. The van der Waals surface area contributed by atoms with E-state index >= 15 is 0 Å². The average molecular weight is 200 g/mol. The number of rotatable bonds is 2. The van der Waals surface area contributed by atoms with Crippen molar-refractivity contribution in [1.82, 2.24) is 4.98 Å². The van der Waals surface area contributed by atoms with Crippen molar-refractivity contribution >= 4 is 17.6 Å². The highest BCUT2D eigenvalue weighted by molar-refractivity contribution is 6.16. The van der Waals surface area contributed by atoms with Crippen molar-refractivity contribution < 1.29 is 9.53 Å². The lowest BCUT2D eigenvalue weighted by Gasteiger charge is -2.02. The molecule has 70 valence electrons.